The molecule has 0 amide bonds. The molecule has 5 heteroatoms. The molecule has 0 radical (unpaired) electrons. The molecular formula is C22H19N3O2. The van der Waals surface area contributed by atoms with Gasteiger partial charge in [0, 0.05) is 18.0 Å². The van der Waals surface area contributed by atoms with E-state index in [9.17, 15) is 4.79 Å². The average molecular weight is 357 g/mol. The number of fused-ring (bicyclic) bond motifs is 1. The predicted octanol–water partition coefficient (Wildman–Crippen LogP) is 4.41. The number of hydrogen-bond donors (Lipinski definition) is 1. The first kappa shape index (κ1) is 17.0. The SMILES string of the molecule is Cc1nn(-c2ccccn2)c2cc(-c3cccc(CCC(=O)O)c3)ccc12. The standard InChI is InChI=1S/C22H19N3O2/c1-15-19-10-9-18(17-6-4-5-16(13-17)8-11-22(26)27)14-20(19)25(24-15)21-7-2-3-12-23-21/h2-7,9-10,12-14H,8,11H2,1H3,(H,26,27). The van der Waals surface area contributed by atoms with E-state index in [4.69, 9.17) is 5.11 Å². The Kier molecular flexibility index (Phi) is 4.42. The fourth-order valence-electron chi connectivity index (χ4n) is 3.26. The van der Waals surface area contributed by atoms with Crippen molar-refractivity contribution >= 4 is 16.9 Å². The summed E-state index contributed by atoms with van der Waals surface area (Å²) in [6, 6.07) is 20.1. The lowest BCUT2D eigenvalue weighted by Gasteiger charge is -2.07. The second-order valence-electron chi connectivity index (χ2n) is 6.51. The summed E-state index contributed by atoms with van der Waals surface area (Å²) in [6.07, 6.45) is 2.42. The van der Waals surface area contributed by atoms with Crippen LogP contribution in [0.25, 0.3) is 27.8 Å². The molecule has 0 fully saturated rings. The molecule has 0 aliphatic carbocycles. The zero-order valence-electron chi connectivity index (χ0n) is 15.0. The van der Waals surface area contributed by atoms with E-state index < -0.39 is 5.97 Å². The van der Waals surface area contributed by atoms with Crippen molar-refractivity contribution in [2.24, 2.45) is 0 Å². The number of aromatic nitrogens is 3. The number of nitrogens with zero attached hydrogens (tertiary/aromatic N) is 3. The highest BCUT2D eigenvalue weighted by Gasteiger charge is 2.11. The Morgan fingerprint density at radius 1 is 1.04 bits per heavy atom. The van der Waals surface area contributed by atoms with Crippen LogP contribution in [0.4, 0.5) is 0 Å². The number of pyridine rings is 1. The van der Waals surface area contributed by atoms with E-state index in [0.717, 1.165) is 39.1 Å². The summed E-state index contributed by atoms with van der Waals surface area (Å²) in [5, 5.41) is 14.6. The van der Waals surface area contributed by atoms with E-state index in [2.05, 4.69) is 34.3 Å². The summed E-state index contributed by atoms with van der Waals surface area (Å²) < 4.78 is 1.86. The minimum atomic E-state index is -0.781. The largest absolute Gasteiger partial charge is 0.481 e. The second-order valence-corrected chi connectivity index (χ2v) is 6.51. The van der Waals surface area contributed by atoms with Gasteiger partial charge in [0.15, 0.2) is 5.82 Å². The van der Waals surface area contributed by atoms with Crippen LogP contribution in [0, 0.1) is 6.92 Å². The van der Waals surface area contributed by atoms with Gasteiger partial charge < -0.3 is 5.11 Å². The van der Waals surface area contributed by atoms with E-state index in [-0.39, 0.29) is 6.42 Å². The first-order chi connectivity index (χ1) is 13.1. The number of aryl methyl sites for hydroxylation is 2. The lowest BCUT2D eigenvalue weighted by atomic mass is 10.00. The Balaban J connectivity index is 1.78. The molecule has 27 heavy (non-hydrogen) atoms. The van der Waals surface area contributed by atoms with Crippen LogP contribution >= 0.6 is 0 Å². The van der Waals surface area contributed by atoms with Crippen LogP contribution in [0.15, 0.2) is 66.9 Å². The second kappa shape index (κ2) is 7.03. The summed E-state index contributed by atoms with van der Waals surface area (Å²) in [6.45, 7) is 1.99. The molecule has 1 N–H and O–H groups in total. The Labute approximate surface area is 156 Å². The Bertz CT molecular complexity index is 1120. The number of aliphatic carboxylic acids is 1. The molecule has 0 aliphatic heterocycles. The quantitative estimate of drug-likeness (QED) is 0.574. The zero-order valence-corrected chi connectivity index (χ0v) is 15.0. The molecule has 0 bridgehead atoms. The van der Waals surface area contributed by atoms with Crippen LogP contribution in [0.5, 0.6) is 0 Å². The summed E-state index contributed by atoms with van der Waals surface area (Å²) >= 11 is 0. The maximum absolute atomic E-state index is 10.8. The van der Waals surface area contributed by atoms with Crippen molar-refractivity contribution in [3.63, 3.8) is 0 Å². The van der Waals surface area contributed by atoms with E-state index in [1.807, 2.05) is 48.0 Å². The van der Waals surface area contributed by atoms with Crippen molar-refractivity contribution < 1.29 is 9.90 Å². The highest BCUT2D eigenvalue weighted by Crippen LogP contribution is 2.28. The fraction of sp³-hybridized carbons (Fsp3) is 0.136. The summed E-state index contributed by atoms with van der Waals surface area (Å²) in [5.74, 6) is -0.000445. The molecule has 4 rings (SSSR count). The highest BCUT2D eigenvalue weighted by molar-refractivity contribution is 5.87. The van der Waals surface area contributed by atoms with Crippen LogP contribution in [0.3, 0.4) is 0 Å². The smallest absolute Gasteiger partial charge is 0.303 e. The van der Waals surface area contributed by atoms with Crippen LogP contribution < -0.4 is 0 Å². The van der Waals surface area contributed by atoms with Crippen molar-refractivity contribution in [1.82, 2.24) is 14.8 Å². The zero-order chi connectivity index (χ0) is 18.8. The number of benzene rings is 2. The van der Waals surface area contributed by atoms with Crippen molar-refractivity contribution in [3.05, 3.63) is 78.1 Å². The summed E-state index contributed by atoms with van der Waals surface area (Å²) in [5.41, 5.74) is 5.10. The van der Waals surface area contributed by atoms with E-state index in [1.54, 1.807) is 6.20 Å². The lowest BCUT2D eigenvalue weighted by molar-refractivity contribution is -0.136. The van der Waals surface area contributed by atoms with Crippen molar-refractivity contribution in [1.29, 1.82) is 0 Å². The van der Waals surface area contributed by atoms with Gasteiger partial charge in [-0.1, -0.05) is 42.5 Å². The van der Waals surface area contributed by atoms with Crippen LogP contribution in [0.1, 0.15) is 17.7 Å². The molecule has 5 nitrogen and oxygen atoms in total. The Morgan fingerprint density at radius 2 is 1.89 bits per heavy atom. The van der Waals surface area contributed by atoms with Gasteiger partial charge in [0.2, 0.25) is 0 Å². The highest BCUT2D eigenvalue weighted by atomic mass is 16.4. The van der Waals surface area contributed by atoms with Gasteiger partial charge in [-0.25, -0.2) is 9.67 Å². The minimum absolute atomic E-state index is 0.133. The van der Waals surface area contributed by atoms with Gasteiger partial charge in [0.05, 0.1) is 11.2 Å². The first-order valence-electron chi connectivity index (χ1n) is 8.84. The Morgan fingerprint density at radius 3 is 2.67 bits per heavy atom. The van der Waals surface area contributed by atoms with Crippen LogP contribution in [-0.2, 0) is 11.2 Å². The van der Waals surface area contributed by atoms with Gasteiger partial charge in [-0.3, -0.25) is 4.79 Å². The van der Waals surface area contributed by atoms with Crippen molar-refractivity contribution in [2.45, 2.75) is 19.8 Å². The first-order valence-corrected chi connectivity index (χ1v) is 8.84. The van der Waals surface area contributed by atoms with Crippen molar-refractivity contribution in [2.75, 3.05) is 0 Å². The van der Waals surface area contributed by atoms with E-state index in [0.29, 0.717) is 6.42 Å². The molecule has 2 heterocycles. The normalized spacial score (nSPS) is 11.0. The van der Waals surface area contributed by atoms with Gasteiger partial charge in [0.1, 0.15) is 0 Å². The van der Waals surface area contributed by atoms with E-state index >= 15 is 0 Å². The lowest BCUT2D eigenvalue weighted by Crippen LogP contribution is -1.99. The van der Waals surface area contributed by atoms with Crippen LogP contribution in [-0.4, -0.2) is 25.8 Å². The molecular weight excluding hydrogens is 338 g/mol. The Hall–Kier alpha value is -3.47. The molecule has 0 saturated carbocycles. The minimum Gasteiger partial charge on any atom is -0.481 e. The van der Waals surface area contributed by atoms with Gasteiger partial charge in [-0.05, 0) is 48.2 Å². The van der Waals surface area contributed by atoms with E-state index in [1.165, 1.54) is 0 Å². The molecule has 4 aromatic rings. The molecule has 0 atom stereocenters. The molecule has 0 unspecified atom stereocenters. The maximum Gasteiger partial charge on any atom is 0.303 e. The third-order valence-corrected chi connectivity index (χ3v) is 4.62. The van der Waals surface area contributed by atoms with Crippen LogP contribution in [0.2, 0.25) is 0 Å². The molecule has 0 aliphatic rings. The number of carboxylic acid groups (broad SMARTS) is 1. The number of carbonyl (C=O) groups is 1. The maximum atomic E-state index is 10.8. The predicted molar refractivity (Wildman–Crippen MR) is 105 cm³/mol. The monoisotopic (exact) mass is 357 g/mol. The molecule has 2 aromatic carbocycles. The number of carboxylic acids is 1. The van der Waals surface area contributed by atoms with Gasteiger partial charge in [-0.15, -0.1) is 0 Å². The molecule has 0 saturated heterocycles. The third-order valence-electron chi connectivity index (χ3n) is 4.62. The summed E-state index contributed by atoms with van der Waals surface area (Å²) in [7, 11) is 0. The third kappa shape index (κ3) is 3.44. The average Bonchev–Trinajstić information content (AvgIpc) is 3.03. The number of rotatable bonds is 5. The van der Waals surface area contributed by atoms with Gasteiger partial charge in [0.25, 0.3) is 0 Å². The molecule has 0 spiro atoms. The van der Waals surface area contributed by atoms with Crippen molar-refractivity contribution in [3.8, 4) is 16.9 Å². The fourth-order valence-corrected chi connectivity index (χ4v) is 3.26. The van der Waals surface area contributed by atoms with Gasteiger partial charge >= 0.3 is 5.97 Å². The summed E-state index contributed by atoms with van der Waals surface area (Å²) in [4.78, 5) is 15.2. The van der Waals surface area contributed by atoms with Gasteiger partial charge in [-0.2, -0.15) is 5.10 Å². The molecule has 134 valence electrons. The topological polar surface area (TPSA) is 68.0 Å². The number of hydrogen-bond acceptors (Lipinski definition) is 3. The molecule has 2 aromatic heterocycles.